The summed E-state index contributed by atoms with van der Waals surface area (Å²) in [6.07, 6.45) is 0. The van der Waals surface area contributed by atoms with E-state index in [-0.39, 0.29) is 0 Å². The molecule has 124 valence electrons. The predicted octanol–water partition coefficient (Wildman–Crippen LogP) is 3.59. The number of hydrogen-bond donors (Lipinski definition) is 1. The Morgan fingerprint density at radius 1 is 1.04 bits per heavy atom. The normalized spacial score (nSPS) is 17.9. The number of rotatable bonds is 0. The standard InChI is InChI=1S/C19H21ClN4/c1-23-8-10-24(11-9-23)19-16-5-3-2-4-14(16)13-21-17-7-6-15(20)12-18(17)22-19/h2-7,12,21H,8-11,13H2,1H3. The molecule has 0 radical (unpaired) electrons. The lowest BCUT2D eigenvalue weighted by Gasteiger charge is -2.35. The molecule has 2 aromatic carbocycles. The van der Waals surface area contributed by atoms with Crippen molar-refractivity contribution in [2.24, 2.45) is 4.99 Å². The lowest BCUT2D eigenvalue weighted by molar-refractivity contribution is 0.215. The fourth-order valence-corrected chi connectivity index (χ4v) is 3.43. The Hall–Kier alpha value is -2.04. The van der Waals surface area contributed by atoms with Crippen LogP contribution in [0.15, 0.2) is 47.5 Å². The maximum Gasteiger partial charge on any atom is 0.137 e. The molecule has 0 bridgehead atoms. The van der Waals surface area contributed by atoms with Gasteiger partial charge in [0.05, 0.1) is 11.4 Å². The van der Waals surface area contributed by atoms with Crippen molar-refractivity contribution in [1.29, 1.82) is 0 Å². The van der Waals surface area contributed by atoms with Gasteiger partial charge in [0.25, 0.3) is 0 Å². The number of anilines is 1. The van der Waals surface area contributed by atoms with E-state index in [1.165, 1.54) is 11.1 Å². The smallest absolute Gasteiger partial charge is 0.137 e. The Kier molecular flexibility index (Phi) is 4.17. The van der Waals surface area contributed by atoms with Crippen molar-refractivity contribution in [2.45, 2.75) is 6.54 Å². The maximum absolute atomic E-state index is 6.21. The number of likely N-dealkylation sites (N-methyl/N-ethyl adjacent to an activating group) is 1. The van der Waals surface area contributed by atoms with E-state index in [1.54, 1.807) is 0 Å². The molecule has 1 fully saturated rings. The van der Waals surface area contributed by atoms with E-state index < -0.39 is 0 Å². The van der Waals surface area contributed by atoms with E-state index in [2.05, 4.69) is 46.4 Å². The molecule has 0 saturated carbocycles. The van der Waals surface area contributed by atoms with Crippen LogP contribution in [0.1, 0.15) is 11.1 Å². The molecule has 1 saturated heterocycles. The molecule has 0 amide bonds. The number of amidine groups is 1. The fourth-order valence-electron chi connectivity index (χ4n) is 3.26. The number of nitrogens with zero attached hydrogens (tertiary/aromatic N) is 3. The molecule has 24 heavy (non-hydrogen) atoms. The first-order chi connectivity index (χ1) is 11.7. The number of hydrogen-bond acceptors (Lipinski definition) is 4. The SMILES string of the molecule is CN1CCN(C2=Nc3cc(Cl)ccc3NCc3ccccc32)CC1. The maximum atomic E-state index is 6.21. The van der Waals surface area contributed by atoms with Crippen LogP contribution in [0.2, 0.25) is 5.02 Å². The summed E-state index contributed by atoms with van der Waals surface area (Å²) >= 11 is 6.21. The van der Waals surface area contributed by atoms with Gasteiger partial charge in [0.2, 0.25) is 0 Å². The molecule has 4 nitrogen and oxygen atoms in total. The molecule has 0 atom stereocenters. The number of halogens is 1. The van der Waals surface area contributed by atoms with Crippen molar-refractivity contribution in [1.82, 2.24) is 9.80 Å². The van der Waals surface area contributed by atoms with Gasteiger partial charge in [-0.15, -0.1) is 0 Å². The van der Waals surface area contributed by atoms with Gasteiger partial charge in [-0.25, -0.2) is 4.99 Å². The molecular formula is C19H21ClN4. The number of benzene rings is 2. The van der Waals surface area contributed by atoms with Crippen molar-refractivity contribution in [3.05, 3.63) is 58.6 Å². The lowest BCUT2D eigenvalue weighted by Crippen LogP contribution is -2.47. The topological polar surface area (TPSA) is 30.9 Å². The van der Waals surface area contributed by atoms with Gasteiger partial charge in [0, 0.05) is 43.3 Å². The number of fused-ring (bicyclic) bond motifs is 2. The lowest BCUT2D eigenvalue weighted by atomic mass is 10.0. The van der Waals surface area contributed by atoms with Gasteiger partial charge in [0.1, 0.15) is 5.84 Å². The summed E-state index contributed by atoms with van der Waals surface area (Å²) in [6.45, 7) is 4.89. The molecule has 2 aliphatic rings. The van der Waals surface area contributed by atoms with Crippen LogP contribution in [0, 0.1) is 0 Å². The summed E-state index contributed by atoms with van der Waals surface area (Å²) in [5.74, 6) is 1.06. The van der Waals surface area contributed by atoms with Crippen LogP contribution in [0.3, 0.4) is 0 Å². The van der Waals surface area contributed by atoms with Gasteiger partial charge in [0.15, 0.2) is 0 Å². The third-order valence-electron chi connectivity index (χ3n) is 4.72. The van der Waals surface area contributed by atoms with Crippen molar-refractivity contribution >= 4 is 28.8 Å². The van der Waals surface area contributed by atoms with Crippen molar-refractivity contribution in [2.75, 3.05) is 38.5 Å². The molecule has 2 heterocycles. The zero-order valence-corrected chi connectivity index (χ0v) is 14.6. The average molecular weight is 341 g/mol. The molecule has 1 N–H and O–H groups in total. The minimum atomic E-state index is 0.714. The minimum absolute atomic E-state index is 0.714. The fraction of sp³-hybridized carbons (Fsp3) is 0.316. The zero-order chi connectivity index (χ0) is 16.5. The number of piperazine rings is 1. The van der Waals surface area contributed by atoms with Gasteiger partial charge < -0.3 is 15.1 Å². The second-order valence-electron chi connectivity index (χ2n) is 6.40. The Bertz CT molecular complexity index is 779. The quantitative estimate of drug-likeness (QED) is 0.795. The van der Waals surface area contributed by atoms with Gasteiger partial charge >= 0.3 is 0 Å². The Labute approximate surface area is 147 Å². The molecule has 2 aromatic rings. The van der Waals surface area contributed by atoms with Crippen molar-refractivity contribution < 1.29 is 0 Å². The van der Waals surface area contributed by atoms with Crippen LogP contribution in [-0.2, 0) is 6.54 Å². The van der Waals surface area contributed by atoms with Gasteiger partial charge in [-0.05, 0) is 30.8 Å². The van der Waals surface area contributed by atoms with E-state index in [9.17, 15) is 0 Å². The largest absolute Gasteiger partial charge is 0.379 e. The third kappa shape index (κ3) is 2.99. The third-order valence-corrected chi connectivity index (χ3v) is 4.95. The number of nitrogens with one attached hydrogen (secondary N) is 1. The predicted molar refractivity (Wildman–Crippen MR) is 100 cm³/mol. The number of aliphatic imine (C=N–C) groups is 1. The zero-order valence-electron chi connectivity index (χ0n) is 13.8. The molecule has 0 unspecified atom stereocenters. The summed E-state index contributed by atoms with van der Waals surface area (Å²) in [6, 6.07) is 14.4. The Morgan fingerprint density at radius 3 is 2.67 bits per heavy atom. The monoisotopic (exact) mass is 340 g/mol. The van der Waals surface area contributed by atoms with E-state index >= 15 is 0 Å². The second-order valence-corrected chi connectivity index (χ2v) is 6.83. The van der Waals surface area contributed by atoms with Gasteiger partial charge in [-0.1, -0.05) is 35.9 Å². The summed E-state index contributed by atoms with van der Waals surface area (Å²) in [5.41, 5.74) is 4.42. The van der Waals surface area contributed by atoms with Crippen LogP contribution >= 0.6 is 11.6 Å². The van der Waals surface area contributed by atoms with Gasteiger partial charge in [-0.3, -0.25) is 0 Å². The van der Waals surface area contributed by atoms with E-state index in [1.807, 2.05) is 18.2 Å². The second kappa shape index (κ2) is 6.46. The highest BCUT2D eigenvalue weighted by molar-refractivity contribution is 6.31. The van der Waals surface area contributed by atoms with Gasteiger partial charge in [-0.2, -0.15) is 0 Å². The molecule has 4 rings (SSSR count). The van der Waals surface area contributed by atoms with Crippen LogP contribution < -0.4 is 5.32 Å². The highest BCUT2D eigenvalue weighted by Gasteiger charge is 2.22. The first-order valence-corrected chi connectivity index (χ1v) is 8.72. The first-order valence-electron chi connectivity index (χ1n) is 8.34. The molecule has 0 spiro atoms. The van der Waals surface area contributed by atoms with E-state index in [4.69, 9.17) is 16.6 Å². The van der Waals surface area contributed by atoms with Crippen LogP contribution in [0.5, 0.6) is 0 Å². The minimum Gasteiger partial charge on any atom is -0.379 e. The molecule has 2 aliphatic heterocycles. The molecule has 0 aromatic heterocycles. The summed E-state index contributed by atoms with van der Waals surface area (Å²) in [4.78, 5) is 9.78. The highest BCUT2D eigenvalue weighted by Crippen LogP contribution is 2.32. The first kappa shape index (κ1) is 15.5. The molecular weight excluding hydrogens is 320 g/mol. The molecule has 5 heteroatoms. The summed E-state index contributed by atoms with van der Waals surface area (Å²) in [7, 11) is 2.17. The van der Waals surface area contributed by atoms with E-state index in [0.717, 1.165) is 49.9 Å². The van der Waals surface area contributed by atoms with Crippen LogP contribution in [-0.4, -0.2) is 48.9 Å². The summed E-state index contributed by atoms with van der Waals surface area (Å²) < 4.78 is 0. The van der Waals surface area contributed by atoms with Crippen LogP contribution in [0.4, 0.5) is 11.4 Å². The van der Waals surface area contributed by atoms with E-state index in [0.29, 0.717) is 5.02 Å². The Morgan fingerprint density at radius 2 is 1.83 bits per heavy atom. The Balaban J connectivity index is 1.83. The highest BCUT2D eigenvalue weighted by atomic mass is 35.5. The van der Waals surface area contributed by atoms with Crippen LogP contribution in [0.25, 0.3) is 0 Å². The van der Waals surface area contributed by atoms with Crippen molar-refractivity contribution in [3.8, 4) is 0 Å². The van der Waals surface area contributed by atoms with Crippen molar-refractivity contribution in [3.63, 3.8) is 0 Å². The molecule has 0 aliphatic carbocycles. The summed E-state index contributed by atoms with van der Waals surface area (Å²) in [5, 5.41) is 4.20. The average Bonchev–Trinajstić information content (AvgIpc) is 2.58.